The van der Waals surface area contributed by atoms with Gasteiger partial charge in [-0.05, 0) is 48.9 Å². The van der Waals surface area contributed by atoms with Gasteiger partial charge >= 0.3 is 0 Å². The minimum absolute atomic E-state index is 0.776. The van der Waals surface area contributed by atoms with E-state index in [1.165, 1.54) is 5.56 Å². The molecule has 4 aromatic rings. The van der Waals surface area contributed by atoms with Gasteiger partial charge in [0, 0.05) is 17.8 Å². The minimum atomic E-state index is 0.776. The highest BCUT2D eigenvalue weighted by Gasteiger charge is 2.10. The van der Waals surface area contributed by atoms with Crippen LogP contribution in [0.2, 0.25) is 0 Å². The number of para-hydroxylation sites is 1. The molecule has 3 aromatic carbocycles. The molecule has 28 heavy (non-hydrogen) atoms. The summed E-state index contributed by atoms with van der Waals surface area (Å²) in [5.41, 5.74) is 5.16. The smallest absolute Gasteiger partial charge is 0.156 e. The summed E-state index contributed by atoms with van der Waals surface area (Å²) in [4.78, 5) is 4.71. The number of rotatable bonds is 5. The predicted octanol–water partition coefficient (Wildman–Crippen LogP) is 5.61. The van der Waals surface area contributed by atoms with Crippen molar-refractivity contribution in [2.24, 2.45) is 4.99 Å². The molecule has 0 radical (unpaired) electrons. The molecule has 0 amide bonds. The molecule has 0 fully saturated rings. The van der Waals surface area contributed by atoms with Gasteiger partial charge in [0.2, 0.25) is 0 Å². The summed E-state index contributed by atoms with van der Waals surface area (Å²) in [6, 6.07) is 28.2. The second-order valence-corrected chi connectivity index (χ2v) is 6.53. The summed E-state index contributed by atoms with van der Waals surface area (Å²) in [5.74, 6) is 1.60. The number of nitrogens with zero attached hydrogens (tertiary/aromatic N) is 3. The van der Waals surface area contributed by atoms with Crippen molar-refractivity contribution >= 4 is 12.0 Å². The molecule has 1 heterocycles. The van der Waals surface area contributed by atoms with Crippen LogP contribution in [0, 0.1) is 6.92 Å². The van der Waals surface area contributed by atoms with Crippen LogP contribution in [0.3, 0.4) is 0 Å². The highest BCUT2D eigenvalue weighted by atomic mass is 16.5. The van der Waals surface area contributed by atoms with Crippen molar-refractivity contribution in [3.8, 4) is 22.7 Å². The third-order valence-electron chi connectivity index (χ3n) is 4.50. The molecule has 4 rings (SSSR count). The first kappa shape index (κ1) is 17.7. The van der Waals surface area contributed by atoms with Gasteiger partial charge in [0.05, 0.1) is 18.5 Å². The van der Waals surface area contributed by atoms with Crippen LogP contribution in [0.5, 0.6) is 5.75 Å². The van der Waals surface area contributed by atoms with E-state index in [-0.39, 0.29) is 0 Å². The molecule has 0 aliphatic carbocycles. The van der Waals surface area contributed by atoms with Crippen LogP contribution in [0.25, 0.3) is 16.9 Å². The van der Waals surface area contributed by atoms with E-state index in [1.807, 2.05) is 71.6 Å². The lowest BCUT2D eigenvalue weighted by atomic mass is 10.1. The van der Waals surface area contributed by atoms with E-state index in [9.17, 15) is 0 Å². The zero-order chi connectivity index (χ0) is 19.3. The first-order valence-electron chi connectivity index (χ1n) is 9.13. The SMILES string of the molecule is COc1ccc(C=Nc2cc(-c3ccc(C)cc3)nn2-c2ccccc2)cc1. The van der Waals surface area contributed by atoms with Crippen LogP contribution >= 0.6 is 0 Å². The highest BCUT2D eigenvalue weighted by molar-refractivity contribution is 5.82. The van der Waals surface area contributed by atoms with Gasteiger partial charge in [0.15, 0.2) is 5.82 Å². The van der Waals surface area contributed by atoms with Crippen LogP contribution in [0.1, 0.15) is 11.1 Å². The molecule has 4 heteroatoms. The maximum atomic E-state index is 5.21. The number of benzene rings is 3. The summed E-state index contributed by atoms with van der Waals surface area (Å²) in [7, 11) is 1.66. The molecule has 0 saturated carbocycles. The molecule has 0 unspecified atom stereocenters. The molecule has 0 spiro atoms. The van der Waals surface area contributed by atoms with Crippen molar-refractivity contribution in [2.75, 3.05) is 7.11 Å². The molecule has 0 atom stereocenters. The predicted molar refractivity (Wildman–Crippen MR) is 114 cm³/mol. The fourth-order valence-electron chi connectivity index (χ4n) is 2.92. The molecule has 138 valence electrons. The van der Waals surface area contributed by atoms with E-state index in [2.05, 4.69) is 31.2 Å². The molecular formula is C24H21N3O. The zero-order valence-electron chi connectivity index (χ0n) is 15.9. The van der Waals surface area contributed by atoms with Crippen LogP contribution < -0.4 is 4.74 Å². The van der Waals surface area contributed by atoms with Crippen LogP contribution in [0.15, 0.2) is 89.9 Å². The van der Waals surface area contributed by atoms with Crippen LogP contribution in [0.4, 0.5) is 5.82 Å². The van der Waals surface area contributed by atoms with E-state index in [4.69, 9.17) is 14.8 Å². The Morgan fingerprint density at radius 1 is 0.893 bits per heavy atom. The summed E-state index contributed by atoms with van der Waals surface area (Å²) >= 11 is 0. The summed E-state index contributed by atoms with van der Waals surface area (Å²) in [6.07, 6.45) is 1.84. The van der Waals surface area contributed by atoms with Crippen molar-refractivity contribution in [1.29, 1.82) is 0 Å². The third-order valence-corrected chi connectivity index (χ3v) is 4.50. The van der Waals surface area contributed by atoms with Gasteiger partial charge in [-0.15, -0.1) is 0 Å². The Labute approximate surface area is 164 Å². The number of hydrogen-bond donors (Lipinski definition) is 0. The van der Waals surface area contributed by atoms with E-state index < -0.39 is 0 Å². The number of methoxy groups -OCH3 is 1. The average Bonchev–Trinajstić information content (AvgIpc) is 3.18. The van der Waals surface area contributed by atoms with E-state index in [1.54, 1.807) is 7.11 Å². The molecule has 1 aromatic heterocycles. The maximum absolute atomic E-state index is 5.21. The Balaban J connectivity index is 1.73. The van der Waals surface area contributed by atoms with E-state index in [0.29, 0.717) is 0 Å². The first-order valence-corrected chi connectivity index (χ1v) is 9.13. The fourth-order valence-corrected chi connectivity index (χ4v) is 2.92. The van der Waals surface area contributed by atoms with E-state index >= 15 is 0 Å². The minimum Gasteiger partial charge on any atom is -0.497 e. The summed E-state index contributed by atoms with van der Waals surface area (Å²) in [6.45, 7) is 2.08. The van der Waals surface area contributed by atoms with Crippen LogP contribution in [-0.4, -0.2) is 23.1 Å². The summed E-state index contributed by atoms with van der Waals surface area (Å²) in [5, 5.41) is 4.80. The topological polar surface area (TPSA) is 39.4 Å². The molecule has 0 aliphatic rings. The standard InChI is InChI=1S/C24H21N3O/c1-18-8-12-20(13-9-18)23-16-24(27(26-23)21-6-4-3-5-7-21)25-17-19-10-14-22(28-2)15-11-19/h3-17H,1-2H3. The normalized spacial score (nSPS) is 11.1. The Bertz CT molecular complexity index is 1080. The molecule has 0 aliphatic heterocycles. The monoisotopic (exact) mass is 367 g/mol. The lowest BCUT2D eigenvalue weighted by Gasteiger charge is -2.03. The van der Waals surface area contributed by atoms with Crippen molar-refractivity contribution in [1.82, 2.24) is 9.78 Å². The second kappa shape index (κ2) is 7.92. The van der Waals surface area contributed by atoms with Gasteiger partial charge in [-0.1, -0.05) is 48.0 Å². The number of ether oxygens (including phenoxy) is 1. The van der Waals surface area contributed by atoms with E-state index in [0.717, 1.165) is 34.1 Å². The lowest BCUT2D eigenvalue weighted by molar-refractivity contribution is 0.415. The third kappa shape index (κ3) is 3.86. The number of aryl methyl sites for hydroxylation is 1. The van der Waals surface area contributed by atoms with Crippen molar-refractivity contribution < 1.29 is 4.74 Å². The van der Waals surface area contributed by atoms with Gasteiger partial charge in [0.1, 0.15) is 5.75 Å². The Hall–Kier alpha value is -3.66. The quantitative estimate of drug-likeness (QED) is 0.430. The van der Waals surface area contributed by atoms with Gasteiger partial charge < -0.3 is 4.74 Å². The Morgan fingerprint density at radius 2 is 1.61 bits per heavy atom. The van der Waals surface area contributed by atoms with Crippen molar-refractivity contribution in [3.05, 3.63) is 96.1 Å². The van der Waals surface area contributed by atoms with Gasteiger partial charge in [0.25, 0.3) is 0 Å². The molecule has 0 saturated heterocycles. The maximum Gasteiger partial charge on any atom is 0.156 e. The van der Waals surface area contributed by atoms with Crippen LogP contribution in [-0.2, 0) is 0 Å². The summed E-state index contributed by atoms with van der Waals surface area (Å²) < 4.78 is 7.08. The lowest BCUT2D eigenvalue weighted by Crippen LogP contribution is -1.96. The molecular weight excluding hydrogens is 346 g/mol. The fraction of sp³-hybridized carbons (Fsp3) is 0.0833. The van der Waals surface area contributed by atoms with Crippen molar-refractivity contribution in [2.45, 2.75) is 6.92 Å². The number of aliphatic imine (C=N–C) groups is 1. The number of hydrogen-bond acceptors (Lipinski definition) is 3. The molecule has 0 bridgehead atoms. The van der Waals surface area contributed by atoms with Crippen molar-refractivity contribution in [3.63, 3.8) is 0 Å². The molecule has 4 nitrogen and oxygen atoms in total. The second-order valence-electron chi connectivity index (χ2n) is 6.53. The van der Waals surface area contributed by atoms with Gasteiger partial charge in [-0.2, -0.15) is 5.10 Å². The zero-order valence-corrected chi connectivity index (χ0v) is 15.9. The van der Waals surface area contributed by atoms with Gasteiger partial charge in [-0.25, -0.2) is 9.67 Å². The Kier molecular flexibility index (Phi) is 5.02. The van der Waals surface area contributed by atoms with Gasteiger partial charge in [-0.3, -0.25) is 0 Å². The first-order chi connectivity index (χ1) is 13.7. The Morgan fingerprint density at radius 3 is 2.29 bits per heavy atom. The largest absolute Gasteiger partial charge is 0.497 e. The molecule has 0 N–H and O–H groups in total. The average molecular weight is 367 g/mol. The highest BCUT2D eigenvalue weighted by Crippen LogP contribution is 2.27. The number of aromatic nitrogens is 2.